The van der Waals surface area contributed by atoms with Gasteiger partial charge in [0.05, 0.1) is 18.2 Å². The molecule has 1 aromatic carbocycles. The van der Waals surface area contributed by atoms with Gasteiger partial charge in [0.15, 0.2) is 6.10 Å². The van der Waals surface area contributed by atoms with Gasteiger partial charge in [-0.2, -0.15) is 5.26 Å². The molecule has 0 aliphatic rings. The normalized spacial score (nSPS) is 13.7. The summed E-state index contributed by atoms with van der Waals surface area (Å²) in [5.41, 5.74) is -0.397. The van der Waals surface area contributed by atoms with Crippen molar-refractivity contribution < 1.29 is 19.0 Å². The van der Waals surface area contributed by atoms with E-state index in [1.807, 2.05) is 19.9 Å². The smallest absolute Gasteiger partial charge is 0.261 e. The molecule has 2 N–H and O–H groups in total. The van der Waals surface area contributed by atoms with Crippen LogP contribution in [0, 0.1) is 16.7 Å². The second-order valence-corrected chi connectivity index (χ2v) is 6.53. The number of benzene rings is 1. The lowest BCUT2D eigenvalue weighted by molar-refractivity contribution is -0.135. The molecule has 0 aromatic heterocycles. The molecule has 1 amide bonds. The van der Waals surface area contributed by atoms with Gasteiger partial charge in [0.1, 0.15) is 12.4 Å². The number of ether oxygens (including phenoxy) is 1. The number of nitriles is 1. The maximum atomic E-state index is 13.0. The number of carbonyl (C=O) groups is 1. The van der Waals surface area contributed by atoms with Gasteiger partial charge in [0.2, 0.25) is 0 Å². The molecular weight excluding hydrogens is 311 g/mol. The third-order valence-corrected chi connectivity index (χ3v) is 3.95. The SMILES string of the molecule is CC[C@H](C)NC(=O)C(Oc1ccc(C#N)c(CF)c1)C(C)(C)CO. The van der Waals surface area contributed by atoms with Crippen LogP contribution in [0.15, 0.2) is 18.2 Å². The lowest BCUT2D eigenvalue weighted by Gasteiger charge is -2.32. The molecule has 0 bridgehead atoms. The maximum absolute atomic E-state index is 13.0. The largest absolute Gasteiger partial charge is 0.480 e. The lowest BCUT2D eigenvalue weighted by Crippen LogP contribution is -2.51. The molecule has 132 valence electrons. The number of rotatable bonds is 8. The van der Waals surface area contributed by atoms with E-state index in [0.29, 0.717) is 0 Å². The highest BCUT2D eigenvalue weighted by molar-refractivity contribution is 5.82. The second-order valence-electron chi connectivity index (χ2n) is 6.53. The number of carbonyl (C=O) groups excluding carboxylic acids is 1. The fourth-order valence-corrected chi connectivity index (χ4v) is 2.07. The van der Waals surface area contributed by atoms with E-state index in [1.54, 1.807) is 13.8 Å². The highest BCUT2D eigenvalue weighted by Crippen LogP contribution is 2.27. The molecular formula is C18H25FN2O3. The Morgan fingerprint density at radius 3 is 2.67 bits per heavy atom. The highest BCUT2D eigenvalue weighted by atomic mass is 19.1. The molecule has 1 unspecified atom stereocenters. The fraction of sp³-hybridized carbons (Fsp3) is 0.556. The quantitative estimate of drug-likeness (QED) is 0.765. The van der Waals surface area contributed by atoms with Crippen molar-refractivity contribution >= 4 is 5.91 Å². The number of hydrogen-bond acceptors (Lipinski definition) is 4. The van der Waals surface area contributed by atoms with Crippen LogP contribution in [0.25, 0.3) is 0 Å². The Morgan fingerprint density at radius 1 is 1.50 bits per heavy atom. The number of hydrogen-bond donors (Lipinski definition) is 2. The topological polar surface area (TPSA) is 82.3 Å². The summed E-state index contributed by atoms with van der Waals surface area (Å²) in [6, 6.07) is 6.28. The molecule has 5 nitrogen and oxygen atoms in total. The Morgan fingerprint density at radius 2 is 2.17 bits per heavy atom. The third kappa shape index (κ3) is 4.93. The summed E-state index contributed by atoms with van der Waals surface area (Å²) >= 11 is 0. The van der Waals surface area contributed by atoms with Crippen LogP contribution in [0.1, 0.15) is 45.2 Å². The van der Waals surface area contributed by atoms with E-state index in [9.17, 15) is 14.3 Å². The molecule has 0 saturated heterocycles. The first kappa shape index (κ1) is 19.9. The predicted molar refractivity (Wildman–Crippen MR) is 89.1 cm³/mol. The number of aliphatic hydroxyl groups is 1. The van der Waals surface area contributed by atoms with Gasteiger partial charge in [-0.1, -0.05) is 20.8 Å². The van der Waals surface area contributed by atoms with Crippen molar-refractivity contribution in [2.24, 2.45) is 5.41 Å². The molecule has 6 heteroatoms. The van der Waals surface area contributed by atoms with Crippen LogP contribution in [0.4, 0.5) is 4.39 Å². The molecule has 1 aromatic rings. The standard InChI is InChI=1S/C18H25FN2O3/c1-5-12(2)21-17(23)16(18(3,4)11-22)24-15-7-6-13(10-20)14(8-15)9-19/h6-8,12,16,22H,5,9,11H2,1-4H3,(H,21,23)/t12-,16?/m0/s1. The molecule has 0 heterocycles. The predicted octanol–water partition coefficient (Wildman–Crippen LogP) is 2.71. The zero-order chi connectivity index (χ0) is 18.3. The second kappa shape index (κ2) is 8.65. The average Bonchev–Trinajstić information content (AvgIpc) is 2.58. The molecule has 0 radical (unpaired) electrons. The number of nitrogens with one attached hydrogen (secondary N) is 1. The molecule has 1 rings (SSSR count). The van der Waals surface area contributed by atoms with Crippen LogP contribution < -0.4 is 10.1 Å². The van der Waals surface area contributed by atoms with Gasteiger partial charge in [-0.25, -0.2) is 4.39 Å². The summed E-state index contributed by atoms with van der Waals surface area (Å²) in [5.74, 6) is -0.0537. The Balaban J connectivity index is 3.09. The van der Waals surface area contributed by atoms with E-state index in [-0.39, 0.29) is 35.4 Å². The van der Waals surface area contributed by atoms with Crippen LogP contribution >= 0.6 is 0 Å². The number of aliphatic hydroxyl groups excluding tert-OH is 1. The first-order valence-corrected chi connectivity index (χ1v) is 7.95. The van der Waals surface area contributed by atoms with Gasteiger partial charge < -0.3 is 15.2 Å². The van der Waals surface area contributed by atoms with Gasteiger partial charge in [-0.15, -0.1) is 0 Å². The maximum Gasteiger partial charge on any atom is 0.261 e. The lowest BCUT2D eigenvalue weighted by atomic mass is 9.86. The van der Waals surface area contributed by atoms with Crippen molar-refractivity contribution in [3.8, 4) is 11.8 Å². The molecule has 0 aliphatic heterocycles. The van der Waals surface area contributed by atoms with Gasteiger partial charge in [0.25, 0.3) is 5.91 Å². The van der Waals surface area contributed by atoms with Crippen molar-refractivity contribution in [1.29, 1.82) is 5.26 Å². The average molecular weight is 336 g/mol. The summed E-state index contributed by atoms with van der Waals surface area (Å²) < 4.78 is 18.8. The molecule has 0 spiro atoms. The molecule has 0 aliphatic carbocycles. The first-order valence-electron chi connectivity index (χ1n) is 7.95. The van der Waals surface area contributed by atoms with E-state index in [2.05, 4.69) is 5.32 Å². The minimum absolute atomic E-state index is 0.0274. The Bertz CT molecular complexity index is 611. The molecule has 2 atom stereocenters. The van der Waals surface area contributed by atoms with Crippen molar-refractivity contribution in [2.45, 2.75) is 52.9 Å². The zero-order valence-electron chi connectivity index (χ0n) is 14.6. The monoisotopic (exact) mass is 336 g/mol. The number of nitrogens with zero attached hydrogens (tertiary/aromatic N) is 1. The van der Waals surface area contributed by atoms with Crippen LogP contribution in [0.3, 0.4) is 0 Å². The summed E-state index contributed by atoms with van der Waals surface area (Å²) in [6.07, 6.45) is -0.183. The van der Waals surface area contributed by atoms with Crippen LogP contribution in [-0.2, 0) is 11.5 Å². The van der Waals surface area contributed by atoms with Crippen LogP contribution in [0.5, 0.6) is 5.75 Å². The Labute approximate surface area is 142 Å². The minimum atomic E-state index is -0.947. The number of alkyl halides is 1. The van der Waals surface area contributed by atoms with Crippen molar-refractivity contribution in [3.05, 3.63) is 29.3 Å². The molecule has 24 heavy (non-hydrogen) atoms. The molecule has 0 saturated carbocycles. The highest BCUT2D eigenvalue weighted by Gasteiger charge is 2.37. The van der Waals surface area contributed by atoms with Crippen molar-refractivity contribution in [2.75, 3.05) is 6.61 Å². The van der Waals surface area contributed by atoms with E-state index in [1.165, 1.54) is 18.2 Å². The Hall–Kier alpha value is -2.13. The van der Waals surface area contributed by atoms with Gasteiger partial charge in [0, 0.05) is 17.0 Å². The van der Waals surface area contributed by atoms with Crippen molar-refractivity contribution in [1.82, 2.24) is 5.32 Å². The van der Waals surface area contributed by atoms with E-state index in [0.717, 1.165) is 6.42 Å². The summed E-state index contributed by atoms with van der Waals surface area (Å²) in [5, 5.41) is 21.4. The summed E-state index contributed by atoms with van der Waals surface area (Å²) in [7, 11) is 0. The summed E-state index contributed by atoms with van der Waals surface area (Å²) in [4.78, 5) is 12.5. The Kier molecular flexibility index (Phi) is 7.18. The van der Waals surface area contributed by atoms with E-state index >= 15 is 0 Å². The van der Waals surface area contributed by atoms with Gasteiger partial charge in [-0.05, 0) is 31.5 Å². The molecule has 0 fully saturated rings. The van der Waals surface area contributed by atoms with Gasteiger partial charge in [-0.3, -0.25) is 4.79 Å². The van der Waals surface area contributed by atoms with Crippen LogP contribution in [0.2, 0.25) is 0 Å². The van der Waals surface area contributed by atoms with Crippen LogP contribution in [-0.4, -0.2) is 29.8 Å². The third-order valence-electron chi connectivity index (χ3n) is 3.95. The summed E-state index contributed by atoms with van der Waals surface area (Å²) in [6.45, 7) is 6.21. The van der Waals surface area contributed by atoms with Gasteiger partial charge >= 0.3 is 0 Å². The minimum Gasteiger partial charge on any atom is -0.480 e. The fourth-order valence-electron chi connectivity index (χ4n) is 2.07. The van der Waals surface area contributed by atoms with E-state index < -0.39 is 18.2 Å². The van der Waals surface area contributed by atoms with Crippen molar-refractivity contribution in [3.63, 3.8) is 0 Å². The zero-order valence-corrected chi connectivity index (χ0v) is 14.6. The number of amides is 1. The van der Waals surface area contributed by atoms with E-state index in [4.69, 9.17) is 10.00 Å². The first-order chi connectivity index (χ1) is 11.3. The number of halogens is 1.